The lowest BCUT2D eigenvalue weighted by molar-refractivity contribution is -0.137. The van der Waals surface area contributed by atoms with Crippen molar-refractivity contribution >= 4 is 5.91 Å². The predicted molar refractivity (Wildman–Crippen MR) is 86.0 cm³/mol. The molecule has 1 atom stereocenters. The number of carbonyl (C=O) groups is 1. The number of hydrogen-bond acceptors (Lipinski definition) is 3. The molecule has 0 aliphatic carbocycles. The van der Waals surface area contributed by atoms with Crippen molar-refractivity contribution in [2.24, 2.45) is 0 Å². The minimum absolute atomic E-state index is 0.162. The molecule has 122 valence electrons. The van der Waals surface area contributed by atoms with Crippen molar-refractivity contribution in [2.75, 3.05) is 39.8 Å². The summed E-state index contributed by atoms with van der Waals surface area (Å²) in [4.78, 5) is 18.9. The molecule has 0 aromatic heterocycles. The summed E-state index contributed by atoms with van der Waals surface area (Å²) < 4.78 is 13.2. The first kappa shape index (κ1) is 16.9. The molecular weight excluding hydrogens is 281 g/mol. The number of rotatable bonds is 5. The normalized spacial score (nSPS) is 17.8. The van der Waals surface area contributed by atoms with E-state index in [-0.39, 0.29) is 17.8 Å². The lowest BCUT2D eigenvalue weighted by atomic mass is 10.1. The Morgan fingerprint density at radius 2 is 2.00 bits per heavy atom. The van der Waals surface area contributed by atoms with E-state index < -0.39 is 0 Å². The van der Waals surface area contributed by atoms with Gasteiger partial charge in [0.25, 0.3) is 0 Å². The van der Waals surface area contributed by atoms with E-state index in [2.05, 4.69) is 11.8 Å². The molecule has 0 saturated carbocycles. The van der Waals surface area contributed by atoms with Crippen LogP contribution in [0.15, 0.2) is 24.3 Å². The van der Waals surface area contributed by atoms with Crippen molar-refractivity contribution in [3.05, 3.63) is 35.6 Å². The van der Waals surface area contributed by atoms with E-state index in [4.69, 9.17) is 0 Å². The van der Waals surface area contributed by atoms with Gasteiger partial charge in [-0.2, -0.15) is 0 Å². The highest BCUT2D eigenvalue weighted by molar-refractivity contribution is 5.81. The Hall–Kier alpha value is -1.46. The third-order valence-corrected chi connectivity index (χ3v) is 4.47. The Labute approximate surface area is 132 Å². The Morgan fingerprint density at radius 1 is 1.32 bits per heavy atom. The summed E-state index contributed by atoms with van der Waals surface area (Å²) in [5.41, 5.74) is 0.887. The Kier molecular flexibility index (Phi) is 5.91. The quantitative estimate of drug-likeness (QED) is 0.830. The molecule has 1 saturated heterocycles. The highest BCUT2D eigenvalue weighted by Gasteiger charge is 2.26. The van der Waals surface area contributed by atoms with Crippen LogP contribution in [0, 0.1) is 5.82 Å². The molecule has 2 rings (SSSR count). The van der Waals surface area contributed by atoms with Gasteiger partial charge in [-0.25, -0.2) is 4.39 Å². The van der Waals surface area contributed by atoms with Crippen molar-refractivity contribution in [1.29, 1.82) is 0 Å². The molecule has 0 radical (unpaired) electrons. The maximum Gasteiger partial charge on any atom is 0.239 e. The molecular formula is C17H26FN3O. The molecule has 1 unspecified atom stereocenters. The summed E-state index contributed by atoms with van der Waals surface area (Å²) in [5.74, 6) is -0.0739. The molecule has 1 aliphatic heterocycles. The van der Waals surface area contributed by atoms with Gasteiger partial charge in [0.2, 0.25) is 5.91 Å². The molecule has 0 bridgehead atoms. The Balaban J connectivity index is 1.89. The predicted octanol–water partition coefficient (Wildman–Crippen LogP) is 1.81. The summed E-state index contributed by atoms with van der Waals surface area (Å²) in [6, 6.07) is 6.35. The fourth-order valence-corrected chi connectivity index (χ4v) is 2.80. The first-order valence-electron chi connectivity index (χ1n) is 7.97. The standard InChI is InChI=1S/C17H26FN3O/c1-4-20-8-10-21(11-9-20)17(22)14(2)19(3)13-15-6-5-7-16(18)12-15/h5-7,12,14H,4,8-11,13H2,1-3H3. The number of likely N-dealkylation sites (N-methyl/N-ethyl adjacent to an activating group) is 2. The van der Waals surface area contributed by atoms with E-state index in [0.717, 1.165) is 38.3 Å². The van der Waals surface area contributed by atoms with Crippen molar-refractivity contribution in [2.45, 2.75) is 26.4 Å². The molecule has 5 heteroatoms. The van der Waals surface area contributed by atoms with Gasteiger partial charge in [-0.05, 0) is 38.2 Å². The van der Waals surface area contributed by atoms with Gasteiger partial charge in [-0.3, -0.25) is 9.69 Å². The molecule has 1 fully saturated rings. The van der Waals surface area contributed by atoms with Gasteiger partial charge in [-0.1, -0.05) is 19.1 Å². The highest BCUT2D eigenvalue weighted by Crippen LogP contribution is 2.11. The summed E-state index contributed by atoms with van der Waals surface area (Å²) in [6.07, 6.45) is 0. The van der Waals surface area contributed by atoms with Crippen LogP contribution in [0.5, 0.6) is 0 Å². The van der Waals surface area contributed by atoms with E-state index in [1.807, 2.05) is 29.8 Å². The maximum atomic E-state index is 13.2. The van der Waals surface area contributed by atoms with Crippen LogP contribution in [0.2, 0.25) is 0 Å². The van der Waals surface area contributed by atoms with Gasteiger partial charge in [0.1, 0.15) is 5.82 Å². The zero-order chi connectivity index (χ0) is 16.1. The number of carbonyl (C=O) groups excluding carboxylic acids is 1. The van der Waals surface area contributed by atoms with Crippen LogP contribution in [0.1, 0.15) is 19.4 Å². The second kappa shape index (κ2) is 7.70. The van der Waals surface area contributed by atoms with Crippen LogP contribution in [-0.2, 0) is 11.3 Å². The van der Waals surface area contributed by atoms with E-state index >= 15 is 0 Å². The molecule has 22 heavy (non-hydrogen) atoms. The first-order valence-corrected chi connectivity index (χ1v) is 7.97. The maximum absolute atomic E-state index is 13.2. The van der Waals surface area contributed by atoms with Gasteiger partial charge in [0.15, 0.2) is 0 Å². The van der Waals surface area contributed by atoms with E-state index in [1.54, 1.807) is 6.07 Å². The highest BCUT2D eigenvalue weighted by atomic mass is 19.1. The summed E-state index contributed by atoms with van der Waals surface area (Å²) in [6.45, 7) is 9.16. The van der Waals surface area contributed by atoms with Crippen molar-refractivity contribution in [1.82, 2.24) is 14.7 Å². The fourth-order valence-electron chi connectivity index (χ4n) is 2.80. The average Bonchev–Trinajstić information content (AvgIpc) is 2.53. The average molecular weight is 307 g/mol. The van der Waals surface area contributed by atoms with Gasteiger partial charge in [0, 0.05) is 32.7 Å². The number of halogens is 1. The zero-order valence-corrected chi connectivity index (χ0v) is 13.8. The van der Waals surface area contributed by atoms with Crippen LogP contribution in [0.4, 0.5) is 4.39 Å². The van der Waals surface area contributed by atoms with Crippen LogP contribution >= 0.6 is 0 Å². The lowest BCUT2D eigenvalue weighted by Gasteiger charge is -2.37. The molecule has 1 aromatic rings. The van der Waals surface area contributed by atoms with E-state index in [1.165, 1.54) is 12.1 Å². The molecule has 0 spiro atoms. The van der Waals surface area contributed by atoms with E-state index in [0.29, 0.717) is 6.54 Å². The number of amides is 1. The number of benzene rings is 1. The zero-order valence-electron chi connectivity index (χ0n) is 13.8. The number of piperazine rings is 1. The number of nitrogens with zero attached hydrogens (tertiary/aromatic N) is 3. The molecule has 1 aromatic carbocycles. The summed E-state index contributed by atoms with van der Waals surface area (Å²) in [5, 5.41) is 0. The fraction of sp³-hybridized carbons (Fsp3) is 0.588. The van der Waals surface area contributed by atoms with Crippen molar-refractivity contribution in [3.63, 3.8) is 0 Å². The van der Waals surface area contributed by atoms with Gasteiger partial charge in [-0.15, -0.1) is 0 Å². The monoisotopic (exact) mass is 307 g/mol. The van der Waals surface area contributed by atoms with Crippen LogP contribution in [0.25, 0.3) is 0 Å². The van der Waals surface area contributed by atoms with Gasteiger partial charge in [0.05, 0.1) is 6.04 Å². The summed E-state index contributed by atoms with van der Waals surface area (Å²) in [7, 11) is 1.91. The minimum atomic E-state index is -0.236. The van der Waals surface area contributed by atoms with Crippen LogP contribution < -0.4 is 0 Å². The van der Waals surface area contributed by atoms with Crippen LogP contribution in [0.3, 0.4) is 0 Å². The number of hydrogen-bond donors (Lipinski definition) is 0. The second-order valence-corrected chi connectivity index (χ2v) is 5.98. The van der Waals surface area contributed by atoms with Gasteiger partial charge >= 0.3 is 0 Å². The molecule has 1 amide bonds. The molecule has 1 aliphatic rings. The lowest BCUT2D eigenvalue weighted by Crippen LogP contribution is -2.53. The topological polar surface area (TPSA) is 26.8 Å². The summed E-state index contributed by atoms with van der Waals surface area (Å²) >= 11 is 0. The second-order valence-electron chi connectivity index (χ2n) is 5.98. The Bertz CT molecular complexity index is 500. The first-order chi connectivity index (χ1) is 10.5. The van der Waals surface area contributed by atoms with Crippen LogP contribution in [-0.4, -0.2) is 66.4 Å². The van der Waals surface area contributed by atoms with Gasteiger partial charge < -0.3 is 9.80 Å². The largest absolute Gasteiger partial charge is 0.339 e. The third-order valence-electron chi connectivity index (χ3n) is 4.47. The third kappa shape index (κ3) is 4.27. The minimum Gasteiger partial charge on any atom is -0.339 e. The molecule has 1 heterocycles. The van der Waals surface area contributed by atoms with Crippen molar-refractivity contribution < 1.29 is 9.18 Å². The smallest absolute Gasteiger partial charge is 0.239 e. The Morgan fingerprint density at radius 3 is 2.59 bits per heavy atom. The van der Waals surface area contributed by atoms with E-state index in [9.17, 15) is 9.18 Å². The molecule has 4 nitrogen and oxygen atoms in total. The molecule has 0 N–H and O–H groups in total. The SMILES string of the molecule is CCN1CCN(C(=O)C(C)N(C)Cc2cccc(F)c2)CC1. The van der Waals surface area contributed by atoms with Crippen molar-refractivity contribution in [3.8, 4) is 0 Å².